The Labute approximate surface area is 145 Å². The van der Waals surface area contributed by atoms with Gasteiger partial charge in [-0.2, -0.15) is 0 Å². The zero-order valence-corrected chi connectivity index (χ0v) is 14.4. The van der Waals surface area contributed by atoms with Crippen molar-refractivity contribution < 1.29 is 14.3 Å². The summed E-state index contributed by atoms with van der Waals surface area (Å²) in [5, 5.41) is 5.03. The molecule has 0 radical (unpaired) electrons. The van der Waals surface area contributed by atoms with Crippen LogP contribution in [0.5, 0.6) is 11.5 Å². The quantitative estimate of drug-likeness (QED) is 0.522. The van der Waals surface area contributed by atoms with Crippen molar-refractivity contribution in [3.8, 4) is 11.5 Å². The Hall–Kier alpha value is -1.91. The summed E-state index contributed by atoms with van der Waals surface area (Å²) in [5.74, 6) is 1.33. The largest absolute Gasteiger partial charge is 0.493 e. The molecule has 2 rings (SSSR count). The summed E-state index contributed by atoms with van der Waals surface area (Å²) >= 11 is 12.1. The molecule has 23 heavy (non-hydrogen) atoms. The lowest BCUT2D eigenvalue weighted by atomic mass is 10.2. The first kappa shape index (κ1) is 17.4. The molecule has 2 aromatic rings. The summed E-state index contributed by atoms with van der Waals surface area (Å²) < 4.78 is 10.7. The lowest BCUT2D eigenvalue weighted by Gasteiger charge is -2.09. The highest BCUT2D eigenvalue weighted by Crippen LogP contribution is 2.27. The molecule has 0 atom stereocenters. The van der Waals surface area contributed by atoms with Gasteiger partial charge < -0.3 is 14.3 Å². The zero-order chi connectivity index (χ0) is 16.7. The van der Waals surface area contributed by atoms with E-state index in [9.17, 15) is 0 Å². The predicted octanol–water partition coefficient (Wildman–Crippen LogP) is 4.95. The highest BCUT2D eigenvalue weighted by molar-refractivity contribution is 6.35. The van der Waals surface area contributed by atoms with Crippen LogP contribution >= 0.6 is 23.2 Å². The van der Waals surface area contributed by atoms with Crippen molar-refractivity contribution >= 4 is 29.4 Å². The number of methoxy groups -OCH3 is 1. The monoisotopic (exact) mass is 353 g/mol. The van der Waals surface area contributed by atoms with E-state index in [-0.39, 0.29) is 6.61 Å². The van der Waals surface area contributed by atoms with Crippen LogP contribution < -0.4 is 9.47 Å². The van der Waals surface area contributed by atoms with Crippen LogP contribution in [0.25, 0.3) is 0 Å². The normalized spacial score (nSPS) is 10.8. The molecule has 0 fully saturated rings. The Bertz CT molecular complexity index is 669. The number of halogens is 2. The number of rotatable bonds is 7. The summed E-state index contributed by atoms with van der Waals surface area (Å²) in [6.07, 6.45) is 1.59. The number of nitrogens with zero attached hydrogens (tertiary/aromatic N) is 1. The van der Waals surface area contributed by atoms with Gasteiger partial charge in [0, 0.05) is 21.2 Å². The van der Waals surface area contributed by atoms with Gasteiger partial charge in [-0.1, -0.05) is 34.4 Å². The average Bonchev–Trinajstić information content (AvgIpc) is 2.55. The van der Waals surface area contributed by atoms with Crippen LogP contribution in [0.3, 0.4) is 0 Å². The van der Waals surface area contributed by atoms with E-state index in [1.807, 2.05) is 25.1 Å². The van der Waals surface area contributed by atoms with Crippen LogP contribution in [0.4, 0.5) is 0 Å². The van der Waals surface area contributed by atoms with Crippen LogP contribution in [0.2, 0.25) is 10.0 Å². The molecular weight excluding hydrogens is 337 g/mol. The standard InChI is InChI=1S/C17H17Cl2NO3/c1-3-22-16-8-7-12(9-17(16)21-2)10-20-23-11-13-14(18)5-4-6-15(13)19/h4-10H,3,11H2,1-2H3/b20-10+. The van der Waals surface area contributed by atoms with Crippen molar-refractivity contribution in [3.05, 3.63) is 57.6 Å². The van der Waals surface area contributed by atoms with E-state index in [2.05, 4.69) is 5.16 Å². The van der Waals surface area contributed by atoms with Crippen molar-refractivity contribution in [2.45, 2.75) is 13.5 Å². The molecular formula is C17H17Cl2NO3. The average molecular weight is 354 g/mol. The van der Waals surface area contributed by atoms with Crippen molar-refractivity contribution in [1.82, 2.24) is 0 Å². The lowest BCUT2D eigenvalue weighted by Crippen LogP contribution is -1.96. The molecule has 122 valence electrons. The summed E-state index contributed by atoms with van der Waals surface area (Å²) in [6.45, 7) is 2.69. The highest BCUT2D eigenvalue weighted by atomic mass is 35.5. The molecule has 0 aromatic heterocycles. The fraction of sp³-hybridized carbons (Fsp3) is 0.235. The molecule has 0 saturated carbocycles. The minimum absolute atomic E-state index is 0.198. The van der Waals surface area contributed by atoms with Gasteiger partial charge in [-0.05, 0) is 37.3 Å². The van der Waals surface area contributed by atoms with E-state index >= 15 is 0 Å². The lowest BCUT2D eigenvalue weighted by molar-refractivity contribution is 0.132. The summed E-state index contributed by atoms with van der Waals surface area (Å²) in [7, 11) is 1.59. The molecule has 0 saturated heterocycles. The number of hydrogen-bond donors (Lipinski definition) is 0. The van der Waals surface area contributed by atoms with E-state index < -0.39 is 0 Å². The first-order chi connectivity index (χ1) is 11.2. The Morgan fingerprint density at radius 1 is 1.09 bits per heavy atom. The Morgan fingerprint density at radius 2 is 1.83 bits per heavy atom. The molecule has 0 unspecified atom stereocenters. The molecule has 4 nitrogen and oxygen atoms in total. The molecule has 0 heterocycles. The van der Waals surface area contributed by atoms with Crippen LogP contribution in [0, 0.1) is 0 Å². The van der Waals surface area contributed by atoms with Crippen molar-refractivity contribution in [3.63, 3.8) is 0 Å². The molecule has 0 N–H and O–H groups in total. The molecule has 0 spiro atoms. The van der Waals surface area contributed by atoms with Gasteiger partial charge in [0.05, 0.1) is 19.9 Å². The van der Waals surface area contributed by atoms with Crippen molar-refractivity contribution in [1.29, 1.82) is 0 Å². The third-order valence-electron chi connectivity index (χ3n) is 3.03. The zero-order valence-electron chi connectivity index (χ0n) is 12.9. The van der Waals surface area contributed by atoms with Crippen molar-refractivity contribution in [2.24, 2.45) is 5.16 Å². The summed E-state index contributed by atoms with van der Waals surface area (Å²) in [5.41, 5.74) is 1.54. The molecule has 0 aliphatic heterocycles. The van der Waals surface area contributed by atoms with Gasteiger partial charge in [0.1, 0.15) is 6.61 Å². The van der Waals surface area contributed by atoms with E-state index in [1.165, 1.54) is 0 Å². The highest BCUT2D eigenvalue weighted by Gasteiger charge is 2.06. The van der Waals surface area contributed by atoms with E-state index in [0.717, 1.165) is 5.56 Å². The second-order valence-electron chi connectivity index (χ2n) is 4.55. The van der Waals surface area contributed by atoms with Gasteiger partial charge in [-0.3, -0.25) is 0 Å². The topological polar surface area (TPSA) is 40.0 Å². The maximum absolute atomic E-state index is 6.07. The van der Waals surface area contributed by atoms with Gasteiger partial charge in [-0.25, -0.2) is 0 Å². The number of ether oxygens (including phenoxy) is 2. The number of hydrogen-bond acceptors (Lipinski definition) is 4. The van der Waals surface area contributed by atoms with E-state index in [4.69, 9.17) is 37.5 Å². The van der Waals surface area contributed by atoms with Crippen LogP contribution in [0.15, 0.2) is 41.6 Å². The smallest absolute Gasteiger partial charge is 0.161 e. The third kappa shape index (κ3) is 4.78. The Balaban J connectivity index is 2.00. The third-order valence-corrected chi connectivity index (χ3v) is 3.74. The molecule has 0 amide bonds. The van der Waals surface area contributed by atoms with Gasteiger partial charge in [0.15, 0.2) is 11.5 Å². The maximum Gasteiger partial charge on any atom is 0.161 e. The Kier molecular flexibility index (Phi) is 6.56. The van der Waals surface area contributed by atoms with E-state index in [1.54, 1.807) is 31.5 Å². The molecule has 0 bridgehead atoms. The first-order valence-corrected chi connectivity index (χ1v) is 7.80. The maximum atomic E-state index is 6.07. The van der Waals surface area contributed by atoms with Gasteiger partial charge in [-0.15, -0.1) is 0 Å². The molecule has 0 aliphatic rings. The van der Waals surface area contributed by atoms with Gasteiger partial charge in [0.25, 0.3) is 0 Å². The van der Waals surface area contributed by atoms with Crippen LogP contribution in [0.1, 0.15) is 18.1 Å². The first-order valence-electron chi connectivity index (χ1n) is 7.04. The molecule has 0 aliphatic carbocycles. The SMILES string of the molecule is CCOc1ccc(/C=N/OCc2c(Cl)cccc2Cl)cc1OC. The van der Waals surface area contributed by atoms with Crippen LogP contribution in [-0.2, 0) is 11.4 Å². The molecule has 6 heteroatoms. The van der Waals surface area contributed by atoms with Crippen LogP contribution in [-0.4, -0.2) is 19.9 Å². The van der Waals surface area contributed by atoms with Crippen molar-refractivity contribution in [2.75, 3.05) is 13.7 Å². The van der Waals surface area contributed by atoms with Gasteiger partial charge in [0.2, 0.25) is 0 Å². The Morgan fingerprint density at radius 3 is 2.48 bits per heavy atom. The number of benzene rings is 2. The number of oxime groups is 1. The minimum atomic E-state index is 0.198. The van der Waals surface area contributed by atoms with Gasteiger partial charge >= 0.3 is 0 Å². The second kappa shape index (κ2) is 8.65. The fourth-order valence-electron chi connectivity index (χ4n) is 1.91. The summed E-state index contributed by atoms with van der Waals surface area (Å²) in [4.78, 5) is 5.27. The second-order valence-corrected chi connectivity index (χ2v) is 5.37. The predicted molar refractivity (Wildman–Crippen MR) is 93.0 cm³/mol. The summed E-state index contributed by atoms with van der Waals surface area (Å²) in [6, 6.07) is 10.8. The minimum Gasteiger partial charge on any atom is -0.493 e. The molecule has 2 aromatic carbocycles. The van der Waals surface area contributed by atoms with E-state index in [0.29, 0.717) is 33.7 Å². The fourth-order valence-corrected chi connectivity index (χ4v) is 2.42.